The van der Waals surface area contributed by atoms with Crippen molar-refractivity contribution in [3.63, 3.8) is 0 Å². The molecule has 5 heteroatoms. The smallest absolute Gasteiger partial charge is 0.146 e. The summed E-state index contributed by atoms with van der Waals surface area (Å²) in [5.41, 5.74) is 0.142. The minimum Gasteiger partial charge on any atom is -0.490 e. The second-order valence-corrected chi connectivity index (χ2v) is 8.82. The van der Waals surface area contributed by atoms with E-state index in [-0.39, 0.29) is 43.2 Å². The molecule has 0 amide bonds. The largest absolute Gasteiger partial charge is 0.490 e. The van der Waals surface area contributed by atoms with Gasteiger partial charge in [-0.05, 0) is 75.5 Å². The SMILES string of the molecule is O=C(CCCc1cccc(OC2CCCC2)c1)CCC1(CCCO)C(=O)CCC1=O. The van der Waals surface area contributed by atoms with Crippen LogP contribution in [0.2, 0.25) is 0 Å². The first-order chi connectivity index (χ1) is 14.5. The molecule has 2 aliphatic carbocycles. The summed E-state index contributed by atoms with van der Waals surface area (Å²) in [5.74, 6) is 0.916. The second-order valence-electron chi connectivity index (χ2n) is 8.82. The fourth-order valence-electron chi connectivity index (χ4n) is 4.87. The molecule has 0 saturated heterocycles. The molecule has 2 saturated carbocycles. The number of benzene rings is 1. The Morgan fingerprint density at radius 1 is 1.03 bits per heavy atom. The van der Waals surface area contributed by atoms with Gasteiger partial charge in [0.1, 0.15) is 23.1 Å². The van der Waals surface area contributed by atoms with Crippen LogP contribution in [-0.2, 0) is 20.8 Å². The zero-order valence-corrected chi connectivity index (χ0v) is 17.9. The van der Waals surface area contributed by atoms with E-state index in [1.165, 1.54) is 18.4 Å². The van der Waals surface area contributed by atoms with E-state index in [9.17, 15) is 14.4 Å². The molecule has 1 aromatic carbocycles. The number of aliphatic hydroxyl groups excluding tert-OH is 1. The zero-order chi connectivity index (χ0) is 21.4. The number of hydrogen-bond donors (Lipinski definition) is 1. The summed E-state index contributed by atoms with van der Waals surface area (Å²) in [5, 5.41) is 9.12. The molecule has 1 aromatic rings. The van der Waals surface area contributed by atoms with Gasteiger partial charge in [0.05, 0.1) is 11.5 Å². The molecule has 0 radical (unpaired) electrons. The molecule has 0 heterocycles. The Balaban J connectivity index is 1.44. The van der Waals surface area contributed by atoms with E-state index >= 15 is 0 Å². The lowest BCUT2D eigenvalue weighted by Gasteiger charge is -2.25. The number of rotatable bonds is 12. The first kappa shape index (κ1) is 22.7. The standard InChI is InChI=1S/C25H34O5/c26-17-5-15-25(23(28)12-13-24(25)29)16-14-20(27)8-3-6-19-7-4-11-22(18-19)30-21-9-1-2-10-21/h4,7,11,18,21,26H,1-3,5-6,8-10,12-17H2. The van der Waals surface area contributed by atoms with Gasteiger partial charge in [-0.25, -0.2) is 0 Å². The molecule has 5 nitrogen and oxygen atoms in total. The van der Waals surface area contributed by atoms with Crippen LogP contribution in [0.15, 0.2) is 24.3 Å². The molecule has 2 fully saturated rings. The highest BCUT2D eigenvalue weighted by Crippen LogP contribution is 2.40. The van der Waals surface area contributed by atoms with Crippen molar-refractivity contribution in [2.24, 2.45) is 5.41 Å². The predicted molar refractivity (Wildman–Crippen MR) is 115 cm³/mol. The number of hydrogen-bond acceptors (Lipinski definition) is 5. The minimum absolute atomic E-state index is 0.0419. The average Bonchev–Trinajstić information content (AvgIpc) is 3.34. The van der Waals surface area contributed by atoms with E-state index in [4.69, 9.17) is 9.84 Å². The van der Waals surface area contributed by atoms with Crippen LogP contribution in [0.1, 0.15) is 82.6 Å². The third-order valence-corrected chi connectivity index (χ3v) is 6.66. The van der Waals surface area contributed by atoms with Crippen molar-refractivity contribution in [3.05, 3.63) is 29.8 Å². The van der Waals surface area contributed by atoms with Crippen LogP contribution in [0, 0.1) is 5.41 Å². The first-order valence-electron chi connectivity index (χ1n) is 11.5. The molecular weight excluding hydrogens is 380 g/mol. The maximum atomic E-state index is 12.4. The molecule has 3 rings (SSSR count). The van der Waals surface area contributed by atoms with Crippen LogP contribution in [-0.4, -0.2) is 35.2 Å². The molecule has 30 heavy (non-hydrogen) atoms. The molecule has 0 bridgehead atoms. The van der Waals surface area contributed by atoms with Gasteiger partial charge in [-0.1, -0.05) is 12.1 Å². The molecule has 0 aromatic heterocycles. The molecular formula is C25H34O5. The van der Waals surface area contributed by atoms with E-state index in [2.05, 4.69) is 12.1 Å². The quantitative estimate of drug-likeness (QED) is 0.514. The molecule has 2 aliphatic rings. The molecule has 0 atom stereocenters. The molecule has 0 unspecified atom stereocenters. The van der Waals surface area contributed by atoms with E-state index in [1.807, 2.05) is 12.1 Å². The Bertz CT molecular complexity index is 732. The number of aryl methyl sites for hydroxylation is 1. The van der Waals surface area contributed by atoms with Gasteiger partial charge in [-0.15, -0.1) is 0 Å². The summed E-state index contributed by atoms with van der Waals surface area (Å²) in [6.45, 7) is -0.0419. The van der Waals surface area contributed by atoms with E-state index in [1.54, 1.807) is 0 Å². The van der Waals surface area contributed by atoms with Gasteiger partial charge in [-0.2, -0.15) is 0 Å². The topological polar surface area (TPSA) is 80.7 Å². The summed E-state index contributed by atoms with van der Waals surface area (Å²) in [7, 11) is 0. The van der Waals surface area contributed by atoms with Crippen LogP contribution in [0.4, 0.5) is 0 Å². The van der Waals surface area contributed by atoms with Crippen molar-refractivity contribution in [1.82, 2.24) is 0 Å². The van der Waals surface area contributed by atoms with Crippen LogP contribution < -0.4 is 4.74 Å². The normalized spacial score (nSPS) is 18.8. The highest BCUT2D eigenvalue weighted by Gasteiger charge is 2.48. The Morgan fingerprint density at radius 2 is 1.77 bits per heavy atom. The maximum absolute atomic E-state index is 12.4. The number of Topliss-reactive ketones (excluding diaryl/α,β-unsaturated/α-hetero) is 3. The van der Waals surface area contributed by atoms with Gasteiger partial charge in [0, 0.05) is 32.3 Å². The zero-order valence-electron chi connectivity index (χ0n) is 17.9. The number of aliphatic hydroxyl groups is 1. The summed E-state index contributed by atoms with van der Waals surface area (Å²) in [4.78, 5) is 37.1. The van der Waals surface area contributed by atoms with Crippen molar-refractivity contribution in [1.29, 1.82) is 0 Å². The van der Waals surface area contributed by atoms with E-state index in [0.29, 0.717) is 31.8 Å². The molecule has 164 valence electrons. The fraction of sp³-hybridized carbons (Fsp3) is 0.640. The van der Waals surface area contributed by atoms with E-state index in [0.717, 1.165) is 31.4 Å². The molecule has 0 spiro atoms. The third-order valence-electron chi connectivity index (χ3n) is 6.66. The van der Waals surface area contributed by atoms with E-state index < -0.39 is 5.41 Å². The van der Waals surface area contributed by atoms with Crippen LogP contribution in [0.25, 0.3) is 0 Å². The van der Waals surface area contributed by atoms with Crippen LogP contribution in [0.3, 0.4) is 0 Å². The second kappa shape index (κ2) is 10.9. The van der Waals surface area contributed by atoms with Gasteiger partial charge >= 0.3 is 0 Å². The lowest BCUT2D eigenvalue weighted by atomic mass is 9.75. The number of carbonyl (C=O) groups is 3. The average molecular weight is 415 g/mol. The number of ether oxygens (including phenoxy) is 1. The van der Waals surface area contributed by atoms with Crippen LogP contribution >= 0.6 is 0 Å². The Labute approximate surface area is 179 Å². The van der Waals surface area contributed by atoms with Gasteiger partial charge in [0.25, 0.3) is 0 Å². The third kappa shape index (κ3) is 5.78. The van der Waals surface area contributed by atoms with Crippen molar-refractivity contribution < 1.29 is 24.2 Å². The Morgan fingerprint density at radius 3 is 2.47 bits per heavy atom. The summed E-state index contributed by atoms with van der Waals surface area (Å²) in [6, 6.07) is 8.13. The van der Waals surface area contributed by atoms with Gasteiger partial charge in [0.2, 0.25) is 0 Å². The van der Waals surface area contributed by atoms with Crippen molar-refractivity contribution in [2.45, 2.75) is 89.6 Å². The van der Waals surface area contributed by atoms with Crippen molar-refractivity contribution in [3.8, 4) is 5.75 Å². The Kier molecular flexibility index (Phi) is 8.20. The number of carbonyl (C=O) groups excluding carboxylic acids is 3. The van der Waals surface area contributed by atoms with Crippen LogP contribution in [0.5, 0.6) is 5.75 Å². The predicted octanol–water partition coefficient (Wildman–Crippen LogP) is 4.37. The Hall–Kier alpha value is -2.01. The maximum Gasteiger partial charge on any atom is 0.146 e. The highest BCUT2D eigenvalue weighted by molar-refractivity contribution is 6.13. The van der Waals surface area contributed by atoms with Crippen molar-refractivity contribution >= 4 is 17.3 Å². The highest BCUT2D eigenvalue weighted by atomic mass is 16.5. The monoisotopic (exact) mass is 414 g/mol. The molecule has 1 N–H and O–H groups in total. The summed E-state index contributed by atoms with van der Waals surface area (Å²) >= 11 is 0. The minimum atomic E-state index is -1.02. The summed E-state index contributed by atoms with van der Waals surface area (Å²) < 4.78 is 6.05. The van der Waals surface area contributed by atoms with Crippen molar-refractivity contribution in [2.75, 3.05) is 6.61 Å². The van der Waals surface area contributed by atoms with Gasteiger partial charge in [-0.3, -0.25) is 14.4 Å². The first-order valence-corrected chi connectivity index (χ1v) is 11.5. The fourth-order valence-corrected chi connectivity index (χ4v) is 4.87. The lowest BCUT2D eigenvalue weighted by Crippen LogP contribution is -2.34. The van der Waals surface area contributed by atoms with Gasteiger partial charge in [0.15, 0.2) is 0 Å². The summed E-state index contributed by atoms with van der Waals surface area (Å²) in [6.07, 6.45) is 8.97. The number of ketones is 3. The molecule has 0 aliphatic heterocycles. The lowest BCUT2D eigenvalue weighted by molar-refractivity contribution is -0.136. The van der Waals surface area contributed by atoms with Gasteiger partial charge < -0.3 is 9.84 Å².